The molecule has 1 N–H and O–H groups in total. The molecule has 2 aromatic rings. The van der Waals surface area contributed by atoms with Gasteiger partial charge in [0.15, 0.2) is 0 Å². The summed E-state index contributed by atoms with van der Waals surface area (Å²) in [6.07, 6.45) is 4.75. The Balaban J connectivity index is 1.93. The number of hydrogen-bond acceptors (Lipinski definition) is 3. The molecule has 1 aromatic carbocycles. The summed E-state index contributed by atoms with van der Waals surface area (Å²) < 4.78 is 8.31. The van der Waals surface area contributed by atoms with Gasteiger partial charge < -0.3 is 9.84 Å². The van der Waals surface area contributed by atoms with E-state index in [1.807, 2.05) is 12.1 Å². The average Bonchev–Trinajstić information content (AvgIpc) is 2.83. The number of halogens is 1. The lowest BCUT2D eigenvalue weighted by Crippen LogP contribution is -2.28. The first-order valence-electron chi connectivity index (χ1n) is 6.99. The molecule has 0 amide bonds. The smallest absolute Gasteiger partial charge is 0.135 e. The minimum absolute atomic E-state index is 0.162. The van der Waals surface area contributed by atoms with Crippen molar-refractivity contribution in [1.29, 1.82) is 0 Å². The average molecular weight is 339 g/mol. The molecule has 1 heterocycles. The fourth-order valence-electron chi connectivity index (χ4n) is 2.98. The topological polar surface area (TPSA) is 47.3 Å². The quantitative estimate of drug-likeness (QED) is 0.911. The van der Waals surface area contributed by atoms with Crippen LogP contribution in [0.3, 0.4) is 0 Å². The number of hydrogen-bond donors (Lipinski definition) is 1. The molecule has 20 heavy (non-hydrogen) atoms. The number of rotatable bonds is 2. The molecule has 5 heteroatoms. The van der Waals surface area contributed by atoms with E-state index in [2.05, 4.69) is 38.8 Å². The monoisotopic (exact) mass is 338 g/mol. The van der Waals surface area contributed by atoms with E-state index < -0.39 is 0 Å². The molecular weight excluding hydrogens is 320 g/mol. The molecule has 4 nitrogen and oxygen atoms in total. The summed E-state index contributed by atoms with van der Waals surface area (Å²) in [6, 6.07) is 4.38. The second kappa shape index (κ2) is 5.37. The van der Waals surface area contributed by atoms with Crippen molar-refractivity contribution in [1.82, 2.24) is 9.78 Å². The van der Waals surface area contributed by atoms with Crippen molar-refractivity contribution in [3.63, 3.8) is 0 Å². The second-order valence-electron chi connectivity index (χ2n) is 5.67. The van der Waals surface area contributed by atoms with Gasteiger partial charge in [0.2, 0.25) is 0 Å². The Morgan fingerprint density at radius 2 is 2.20 bits per heavy atom. The van der Waals surface area contributed by atoms with E-state index in [4.69, 9.17) is 4.74 Å². The molecular formula is C15H19BrN2O2. The number of benzene rings is 1. The normalized spacial score (nSPS) is 26.9. The van der Waals surface area contributed by atoms with E-state index in [1.54, 1.807) is 7.11 Å². The Labute approximate surface area is 126 Å². The maximum Gasteiger partial charge on any atom is 0.135 e. The van der Waals surface area contributed by atoms with Gasteiger partial charge in [0, 0.05) is 17.6 Å². The number of aliphatic hydroxyl groups is 1. The summed E-state index contributed by atoms with van der Waals surface area (Å²) in [6.45, 7) is 2.11. The summed E-state index contributed by atoms with van der Waals surface area (Å²) in [4.78, 5) is 0. The molecule has 1 fully saturated rings. The van der Waals surface area contributed by atoms with Crippen molar-refractivity contribution in [2.24, 2.45) is 5.92 Å². The van der Waals surface area contributed by atoms with Gasteiger partial charge in [-0.25, -0.2) is 0 Å². The number of aliphatic hydroxyl groups excluding tert-OH is 1. The van der Waals surface area contributed by atoms with Crippen molar-refractivity contribution in [2.45, 2.75) is 38.3 Å². The Hall–Kier alpha value is -1.07. The standard InChI is InChI=1S/C15H19BrN2O2/c1-9-5-11(3-4-14(9)19)18-8-10-6-12(16)15(20-2)7-13(10)17-18/h6-9,11,14,19H,3-5H2,1-2H3/t9-,11-,14-/m0/s1. The van der Waals surface area contributed by atoms with Gasteiger partial charge in [0.05, 0.1) is 29.2 Å². The van der Waals surface area contributed by atoms with E-state index in [9.17, 15) is 5.11 Å². The number of ether oxygens (including phenoxy) is 1. The second-order valence-corrected chi connectivity index (χ2v) is 6.52. The Bertz CT molecular complexity index is 626. The molecule has 3 rings (SSSR count). The molecule has 0 unspecified atom stereocenters. The minimum atomic E-state index is -0.162. The van der Waals surface area contributed by atoms with Crippen molar-refractivity contribution in [3.05, 3.63) is 22.8 Å². The van der Waals surface area contributed by atoms with Crippen LogP contribution in [0, 0.1) is 5.92 Å². The minimum Gasteiger partial charge on any atom is -0.495 e. The highest BCUT2D eigenvalue weighted by Gasteiger charge is 2.27. The molecule has 1 aliphatic carbocycles. The van der Waals surface area contributed by atoms with Crippen LogP contribution in [0.25, 0.3) is 10.9 Å². The van der Waals surface area contributed by atoms with Crippen LogP contribution in [0.4, 0.5) is 0 Å². The Morgan fingerprint density at radius 1 is 1.40 bits per heavy atom. The van der Waals surface area contributed by atoms with Crippen LogP contribution < -0.4 is 4.74 Å². The Morgan fingerprint density at radius 3 is 2.90 bits per heavy atom. The predicted octanol–water partition coefficient (Wildman–Crippen LogP) is 3.53. The fourth-order valence-corrected chi connectivity index (χ4v) is 3.50. The molecule has 1 aliphatic rings. The first-order chi connectivity index (χ1) is 9.58. The molecule has 1 aromatic heterocycles. The fraction of sp³-hybridized carbons (Fsp3) is 0.533. The third kappa shape index (κ3) is 2.44. The van der Waals surface area contributed by atoms with Gasteiger partial charge in [0.25, 0.3) is 0 Å². The third-order valence-electron chi connectivity index (χ3n) is 4.27. The maximum absolute atomic E-state index is 9.83. The van der Waals surface area contributed by atoms with Crippen molar-refractivity contribution >= 4 is 26.8 Å². The maximum atomic E-state index is 9.83. The molecule has 0 aliphatic heterocycles. The lowest BCUT2D eigenvalue weighted by Gasteiger charge is -2.31. The predicted molar refractivity (Wildman–Crippen MR) is 82.0 cm³/mol. The van der Waals surface area contributed by atoms with E-state index in [0.717, 1.165) is 40.4 Å². The molecule has 0 spiro atoms. The summed E-state index contributed by atoms with van der Waals surface area (Å²) in [5, 5.41) is 15.6. The van der Waals surface area contributed by atoms with E-state index in [1.165, 1.54) is 0 Å². The first kappa shape index (κ1) is 13.9. The van der Waals surface area contributed by atoms with Crippen LogP contribution in [0.5, 0.6) is 5.75 Å². The lowest BCUT2D eigenvalue weighted by atomic mass is 9.85. The summed E-state index contributed by atoms with van der Waals surface area (Å²) in [5.41, 5.74) is 0.948. The summed E-state index contributed by atoms with van der Waals surface area (Å²) in [5.74, 6) is 1.14. The largest absolute Gasteiger partial charge is 0.495 e. The zero-order chi connectivity index (χ0) is 14.3. The molecule has 108 valence electrons. The van der Waals surface area contributed by atoms with Crippen LogP contribution in [0.2, 0.25) is 0 Å². The van der Waals surface area contributed by atoms with Gasteiger partial charge >= 0.3 is 0 Å². The number of fused-ring (bicyclic) bond motifs is 1. The highest BCUT2D eigenvalue weighted by molar-refractivity contribution is 9.10. The van der Waals surface area contributed by atoms with E-state index in [-0.39, 0.29) is 6.10 Å². The van der Waals surface area contributed by atoms with Gasteiger partial charge in [-0.1, -0.05) is 6.92 Å². The van der Waals surface area contributed by atoms with Crippen LogP contribution in [0.15, 0.2) is 22.8 Å². The van der Waals surface area contributed by atoms with Crippen molar-refractivity contribution in [2.75, 3.05) is 7.11 Å². The van der Waals surface area contributed by atoms with Gasteiger partial charge in [-0.05, 0) is 47.2 Å². The zero-order valence-corrected chi connectivity index (χ0v) is 13.3. The lowest BCUT2D eigenvalue weighted by molar-refractivity contribution is 0.0574. The van der Waals surface area contributed by atoms with Gasteiger partial charge in [-0.15, -0.1) is 0 Å². The zero-order valence-electron chi connectivity index (χ0n) is 11.7. The highest BCUT2D eigenvalue weighted by Crippen LogP contribution is 2.34. The third-order valence-corrected chi connectivity index (χ3v) is 4.89. The number of nitrogens with zero attached hydrogens (tertiary/aromatic N) is 2. The number of aromatic nitrogens is 2. The summed E-state index contributed by atoms with van der Waals surface area (Å²) >= 11 is 3.51. The van der Waals surface area contributed by atoms with Gasteiger partial charge in [-0.2, -0.15) is 5.10 Å². The van der Waals surface area contributed by atoms with E-state index in [0.29, 0.717) is 12.0 Å². The van der Waals surface area contributed by atoms with E-state index >= 15 is 0 Å². The number of methoxy groups -OCH3 is 1. The molecule has 0 bridgehead atoms. The van der Waals surface area contributed by atoms with Crippen molar-refractivity contribution in [3.8, 4) is 5.75 Å². The highest BCUT2D eigenvalue weighted by atomic mass is 79.9. The molecule has 3 atom stereocenters. The SMILES string of the molecule is COc1cc2nn([C@H]3CC[C@H](O)[C@@H](C)C3)cc2cc1Br. The van der Waals surface area contributed by atoms with Crippen LogP contribution in [0.1, 0.15) is 32.2 Å². The first-order valence-corrected chi connectivity index (χ1v) is 7.78. The molecule has 0 radical (unpaired) electrons. The summed E-state index contributed by atoms with van der Waals surface area (Å²) in [7, 11) is 1.66. The van der Waals surface area contributed by atoms with Gasteiger partial charge in [0.1, 0.15) is 5.75 Å². The van der Waals surface area contributed by atoms with Crippen LogP contribution in [-0.4, -0.2) is 28.1 Å². The Kier molecular flexibility index (Phi) is 3.73. The van der Waals surface area contributed by atoms with Crippen LogP contribution >= 0.6 is 15.9 Å². The van der Waals surface area contributed by atoms with Gasteiger partial charge in [-0.3, -0.25) is 4.68 Å². The molecule has 0 saturated heterocycles. The molecule has 1 saturated carbocycles. The van der Waals surface area contributed by atoms with Crippen molar-refractivity contribution < 1.29 is 9.84 Å². The van der Waals surface area contributed by atoms with Crippen LogP contribution in [-0.2, 0) is 0 Å².